The lowest BCUT2D eigenvalue weighted by Gasteiger charge is -2.26. The molecule has 0 aromatic heterocycles. The van der Waals surface area contributed by atoms with Gasteiger partial charge in [-0.25, -0.2) is 0 Å². The van der Waals surface area contributed by atoms with Gasteiger partial charge < -0.3 is 10.6 Å². The molecule has 0 bridgehead atoms. The lowest BCUT2D eigenvalue weighted by Crippen LogP contribution is -2.33. The second-order valence-corrected chi connectivity index (χ2v) is 5.05. The summed E-state index contributed by atoms with van der Waals surface area (Å²) in [6.07, 6.45) is 0.940. The second-order valence-electron chi connectivity index (χ2n) is 4.64. The van der Waals surface area contributed by atoms with Gasteiger partial charge in [0.1, 0.15) is 0 Å². The van der Waals surface area contributed by atoms with Crippen molar-refractivity contribution in [1.29, 1.82) is 0 Å². The van der Waals surface area contributed by atoms with Crippen molar-refractivity contribution in [3.63, 3.8) is 0 Å². The predicted molar refractivity (Wildman–Crippen MR) is 75.4 cm³/mol. The third-order valence-electron chi connectivity index (χ3n) is 3.17. The van der Waals surface area contributed by atoms with Crippen LogP contribution in [-0.4, -0.2) is 24.0 Å². The first-order valence-corrected chi connectivity index (χ1v) is 6.68. The standard InChI is InChI=1S/C14H23ClN2/c1-4-17(11(2)3)10-9-14(16)12-7-5-6-8-13(12)15/h5-8,11,14H,4,9-10,16H2,1-3H3. The maximum atomic E-state index is 6.19. The van der Waals surface area contributed by atoms with Crippen molar-refractivity contribution in [2.24, 2.45) is 5.73 Å². The number of rotatable bonds is 6. The van der Waals surface area contributed by atoms with Gasteiger partial charge in [0.25, 0.3) is 0 Å². The molecule has 0 aliphatic heterocycles. The fourth-order valence-corrected chi connectivity index (χ4v) is 2.29. The third kappa shape index (κ3) is 4.30. The van der Waals surface area contributed by atoms with E-state index in [0.29, 0.717) is 6.04 Å². The molecule has 96 valence electrons. The monoisotopic (exact) mass is 254 g/mol. The molecule has 0 radical (unpaired) electrons. The third-order valence-corrected chi connectivity index (χ3v) is 3.51. The molecule has 17 heavy (non-hydrogen) atoms. The molecule has 1 atom stereocenters. The lowest BCUT2D eigenvalue weighted by molar-refractivity contribution is 0.225. The van der Waals surface area contributed by atoms with Crippen LogP contribution >= 0.6 is 11.6 Å². The van der Waals surface area contributed by atoms with Crippen LogP contribution in [0.4, 0.5) is 0 Å². The van der Waals surface area contributed by atoms with E-state index in [4.69, 9.17) is 17.3 Å². The highest BCUT2D eigenvalue weighted by atomic mass is 35.5. The molecule has 0 heterocycles. The van der Waals surface area contributed by atoms with Crippen LogP contribution in [0.25, 0.3) is 0 Å². The maximum Gasteiger partial charge on any atom is 0.0453 e. The van der Waals surface area contributed by atoms with Gasteiger partial charge in [0.05, 0.1) is 0 Å². The highest BCUT2D eigenvalue weighted by molar-refractivity contribution is 6.31. The van der Waals surface area contributed by atoms with Crippen LogP contribution in [0.3, 0.4) is 0 Å². The van der Waals surface area contributed by atoms with Crippen LogP contribution in [0.2, 0.25) is 5.02 Å². The van der Waals surface area contributed by atoms with E-state index in [1.807, 2.05) is 24.3 Å². The van der Waals surface area contributed by atoms with E-state index < -0.39 is 0 Å². The number of hydrogen-bond donors (Lipinski definition) is 1. The molecule has 0 saturated carbocycles. The Kier molecular flexibility index (Phi) is 5.96. The molecule has 0 amide bonds. The summed E-state index contributed by atoms with van der Waals surface area (Å²) in [7, 11) is 0. The highest BCUT2D eigenvalue weighted by Gasteiger charge is 2.12. The Morgan fingerprint density at radius 1 is 1.29 bits per heavy atom. The van der Waals surface area contributed by atoms with Gasteiger partial charge in [-0.05, 0) is 38.4 Å². The SMILES string of the molecule is CCN(CCC(N)c1ccccc1Cl)C(C)C. The molecule has 0 aliphatic carbocycles. The van der Waals surface area contributed by atoms with Crippen LogP contribution in [0.1, 0.15) is 38.8 Å². The van der Waals surface area contributed by atoms with Gasteiger partial charge in [0.2, 0.25) is 0 Å². The first-order valence-electron chi connectivity index (χ1n) is 6.30. The molecule has 1 aromatic carbocycles. The van der Waals surface area contributed by atoms with Gasteiger partial charge in [0, 0.05) is 23.7 Å². The Balaban J connectivity index is 2.55. The Bertz CT molecular complexity index is 339. The van der Waals surface area contributed by atoms with Crippen LogP contribution in [0.5, 0.6) is 0 Å². The second kappa shape index (κ2) is 7.00. The molecule has 0 saturated heterocycles. The summed E-state index contributed by atoms with van der Waals surface area (Å²) < 4.78 is 0. The topological polar surface area (TPSA) is 29.3 Å². The Labute approximate surface area is 110 Å². The zero-order chi connectivity index (χ0) is 12.8. The van der Waals surface area contributed by atoms with Crippen LogP contribution in [0, 0.1) is 0 Å². The van der Waals surface area contributed by atoms with Gasteiger partial charge in [-0.15, -0.1) is 0 Å². The van der Waals surface area contributed by atoms with Crippen LogP contribution in [0.15, 0.2) is 24.3 Å². The summed E-state index contributed by atoms with van der Waals surface area (Å²) in [5, 5.41) is 0.771. The molecular formula is C14H23ClN2. The Hall–Kier alpha value is -0.570. The van der Waals surface area contributed by atoms with Crippen molar-refractivity contribution in [2.75, 3.05) is 13.1 Å². The summed E-state index contributed by atoms with van der Waals surface area (Å²) in [5.41, 5.74) is 7.24. The van der Waals surface area contributed by atoms with E-state index in [1.54, 1.807) is 0 Å². The van der Waals surface area contributed by atoms with E-state index >= 15 is 0 Å². The van der Waals surface area contributed by atoms with E-state index in [-0.39, 0.29) is 6.04 Å². The van der Waals surface area contributed by atoms with Crippen molar-refractivity contribution in [3.8, 4) is 0 Å². The molecule has 1 aromatic rings. The molecule has 2 N–H and O–H groups in total. The Morgan fingerprint density at radius 3 is 2.47 bits per heavy atom. The van der Waals surface area contributed by atoms with Crippen molar-refractivity contribution in [1.82, 2.24) is 4.90 Å². The summed E-state index contributed by atoms with van der Waals surface area (Å²) in [5.74, 6) is 0. The maximum absolute atomic E-state index is 6.19. The van der Waals surface area contributed by atoms with Crippen molar-refractivity contribution in [2.45, 2.75) is 39.3 Å². The molecule has 1 rings (SSSR count). The van der Waals surface area contributed by atoms with E-state index in [1.165, 1.54) is 0 Å². The van der Waals surface area contributed by atoms with E-state index in [9.17, 15) is 0 Å². The first kappa shape index (κ1) is 14.5. The zero-order valence-electron chi connectivity index (χ0n) is 11.0. The quantitative estimate of drug-likeness (QED) is 0.843. The van der Waals surface area contributed by atoms with Gasteiger partial charge in [0.15, 0.2) is 0 Å². The summed E-state index contributed by atoms with van der Waals surface area (Å²) in [4.78, 5) is 2.41. The first-order chi connectivity index (χ1) is 8.06. The fourth-order valence-electron chi connectivity index (χ4n) is 2.02. The van der Waals surface area contributed by atoms with Gasteiger partial charge in [-0.3, -0.25) is 0 Å². The van der Waals surface area contributed by atoms with Gasteiger partial charge in [-0.1, -0.05) is 36.7 Å². The molecule has 1 unspecified atom stereocenters. The number of halogens is 1. The van der Waals surface area contributed by atoms with Crippen LogP contribution in [-0.2, 0) is 0 Å². The van der Waals surface area contributed by atoms with Crippen molar-refractivity contribution < 1.29 is 0 Å². The highest BCUT2D eigenvalue weighted by Crippen LogP contribution is 2.23. The molecular weight excluding hydrogens is 232 g/mol. The van der Waals surface area contributed by atoms with Gasteiger partial charge in [-0.2, -0.15) is 0 Å². The predicted octanol–water partition coefficient (Wildman–Crippen LogP) is 3.46. The summed E-state index contributed by atoms with van der Waals surface area (Å²) >= 11 is 6.14. The number of nitrogens with zero attached hydrogens (tertiary/aromatic N) is 1. The smallest absolute Gasteiger partial charge is 0.0453 e. The molecule has 0 fully saturated rings. The van der Waals surface area contributed by atoms with Crippen LogP contribution < -0.4 is 5.73 Å². The minimum Gasteiger partial charge on any atom is -0.324 e. The average molecular weight is 255 g/mol. The fraction of sp³-hybridized carbons (Fsp3) is 0.571. The number of benzene rings is 1. The molecule has 0 aliphatic rings. The minimum absolute atomic E-state index is 0.0245. The summed E-state index contributed by atoms with van der Waals surface area (Å²) in [6.45, 7) is 8.68. The molecule has 0 spiro atoms. The molecule has 3 heteroatoms. The van der Waals surface area contributed by atoms with Gasteiger partial charge >= 0.3 is 0 Å². The molecule has 2 nitrogen and oxygen atoms in total. The van der Waals surface area contributed by atoms with Crippen molar-refractivity contribution >= 4 is 11.6 Å². The zero-order valence-corrected chi connectivity index (χ0v) is 11.7. The minimum atomic E-state index is 0.0245. The van der Waals surface area contributed by atoms with Crippen molar-refractivity contribution in [3.05, 3.63) is 34.9 Å². The number of hydrogen-bond acceptors (Lipinski definition) is 2. The van der Waals surface area contributed by atoms with E-state index in [2.05, 4.69) is 25.7 Å². The van der Waals surface area contributed by atoms with E-state index in [0.717, 1.165) is 30.1 Å². The largest absolute Gasteiger partial charge is 0.324 e. The summed E-state index contributed by atoms with van der Waals surface area (Å²) in [6, 6.07) is 8.43. The normalized spacial score (nSPS) is 13.4. The Morgan fingerprint density at radius 2 is 1.94 bits per heavy atom. The average Bonchev–Trinajstić information content (AvgIpc) is 2.29. The number of nitrogens with two attached hydrogens (primary N) is 1. The lowest BCUT2D eigenvalue weighted by atomic mass is 10.0.